The largest absolute Gasteiger partial charge is 0.489 e. The zero-order valence-corrected chi connectivity index (χ0v) is 18.2. The summed E-state index contributed by atoms with van der Waals surface area (Å²) in [6, 6.07) is 28.3. The highest BCUT2D eigenvalue weighted by atomic mass is 16.5. The number of ether oxygens (including phenoxy) is 1. The van der Waals surface area contributed by atoms with Gasteiger partial charge < -0.3 is 15.0 Å². The number of nitrogens with zero attached hydrogens (tertiary/aromatic N) is 1. The van der Waals surface area contributed by atoms with Crippen LogP contribution in [0.2, 0.25) is 0 Å². The van der Waals surface area contributed by atoms with E-state index in [2.05, 4.69) is 110 Å². The molecule has 30 heavy (non-hydrogen) atoms. The lowest BCUT2D eigenvalue weighted by Gasteiger charge is -2.35. The van der Waals surface area contributed by atoms with Crippen LogP contribution in [0.4, 0.5) is 5.69 Å². The molecule has 1 aliphatic heterocycles. The zero-order chi connectivity index (χ0) is 20.9. The molecule has 0 saturated heterocycles. The van der Waals surface area contributed by atoms with Crippen molar-refractivity contribution >= 4 is 5.69 Å². The van der Waals surface area contributed by atoms with Crippen LogP contribution in [0.3, 0.4) is 0 Å². The SMILES string of the molecule is CCN(C)CC(C)Oc1ccccc1C1CC(c2ccccc2)Nc2ccccc21. The normalized spacial score (nSPS) is 19.1. The molecule has 3 aromatic rings. The van der Waals surface area contributed by atoms with E-state index in [4.69, 9.17) is 4.74 Å². The Kier molecular flexibility index (Phi) is 6.39. The van der Waals surface area contributed by atoms with Crippen LogP contribution in [0.1, 0.15) is 48.9 Å². The Morgan fingerprint density at radius 3 is 2.37 bits per heavy atom. The van der Waals surface area contributed by atoms with Gasteiger partial charge in [-0.25, -0.2) is 0 Å². The molecular weight excluding hydrogens is 368 g/mol. The summed E-state index contributed by atoms with van der Waals surface area (Å²) in [7, 11) is 2.14. The van der Waals surface area contributed by atoms with Gasteiger partial charge >= 0.3 is 0 Å². The van der Waals surface area contributed by atoms with Crippen molar-refractivity contribution in [3.8, 4) is 5.75 Å². The predicted octanol–water partition coefficient (Wildman–Crippen LogP) is 6.09. The van der Waals surface area contributed by atoms with E-state index < -0.39 is 0 Å². The van der Waals surface area contributed by atoms with Gasteiger partial charge in [0.2, 0.25) is 0 Å². The van der Waals surface area contributed by atoms with Crippen molar-refractivity contribution in [1.82, 2.24) is 4.90 Å². The third-order valence-electron chi connectivity index (χ3n) is 6.07. The lowest BCUT2D eigenvalue weighted by Crippen LogP contribution is -2.31. The molecule has 3 aromatic carbocycles. The van der Waals surface area contributed by atoms with Gasteiger partial charge in [-0.3, -0.25) is 0 Å². The Labute approximate surface area is 180 Å². The van der Waals surface area contributed by atoms with Crippen LogP contribution in [0.5, 0.6) is 5.75 Å². The Morgan fingerprint density at radius 2 is 1.60 bits per heavy atom. The van der Waals surface area contributed by atoms with E-state index in [1.165, 1.54) is 22.4 Å². The van der Waals surface area contributed by atoms with E-state index in [1.54, 1.807) is 0 Å². The Morgan fingerprint density at radius 1 is 0.933 bits per heavy atom. The maximum Gasteiger partial charge on any atom is 0.123 e. The summed E-state index contributed by atoms with van der Waals surface area (Å²) < 4.78 is 6.47. The average molecular weight is 401 g/mol. The first-order valence-electron chi connectivity index (χ1n) is 11.0. The fraction of sp³-hybridized carbons (Fsp3) is 0.333. The van der Waals surface area contributed by atoms with Gasteiger partial charge in [-0.05, 0) is 50.2 Å². The van der Waals surface area contributed by atoms with Crippen molar-refractivity contribution in [1.29, 1.82) is 0 Å². The van der Waals surface area contributed by atoms with E-state index in [0.29, 0.717) is 5.92 Å². The van der Waals surface area contributed by atoms with Crippen molar-refractivity contribution in [2.24, 2.45) is 0 Å². The van der Waals surface area contributed by atoms with Crippen LogP contribution in [0.15, 0.2) is 78.9 Å². The summed E-state index contributed by atoms with van der Waals surface area (Å²) in [6.07, 6.45) is 1.14. The first kappa shape index (κ1) is 20.5. The average Bonchev–Trinajstić information content (AvgIpc) is 2.79. The third kappa shape index (κ3) is 4.52. The lowest BCUT2D eigenvalue weighted by atomic mass is 9.80. The van der Waals surface area contributed by atoms with Crippen molar-refractivity contribution in [2.75, 3.05) is 25.5 Å². The molecule has 0 bridgehead atoms. The first-order valence-corrected chi connectivity index (χ1v) is 11.0. The minimum Gasteiger partial charge on any atom is -0.489 e. The van der Waals surface area contributed by atoms with Crippen molar-refractivity contribution in [2.45, 2.75) is 38.3 Å². The minimum atomic E-state index is 0.137. The second-order valence-electron chi connectivity index (χ2n) is 8.30. The fourth-order valence-electron chi connectivity index (χ4n) is 4.44. The maximum absolute atomic E-state index is 6.47. The van der Waals surface area contributed by atoms with Crippen LogP contribution < -0.4 is 10.1 Å². The number of anilines is 1. The van der Waals surface area contributed by atoms with Crippen molar-refractivity contribution in [3.63, 3.8) is 0 Å². The quantitative estimate of drug-likeness (QED) is 0.519. The number of benzene rings is 3. The minimum absolute atomic E-state index is 0.137. The van der Waals surface area contributed by atoms with Gasteiger partial charge in [-0.2, -0.15) is 0 Å². The molecule has 3 atom stereocenters. The molecule has 1 N–H and O–H groups in total. The number of likely N-dealkylation sites (N-methyl/N-ethyl adjacent to an activating group) is 1. The van der Waals surface area contributed by atoms with Gasteiger partial charge in [0, 0.05) is 23.7 Å². The molecule has 156 valence electrons. The Balaban J connectivity index is 1.67. The van der Waals surface area contributed by atoms with E-state index in [1.807, 2.05) is 0 Å². The molecular formula is C27H32N2O. The van der Waals surface area contributed by atoms with Gasteiger partial charge in [-0.1, -0.05) is 73.7 Å². The molecule has 3 nitrogen and oxygen atoms in total. The summed E-state index contributed by atoms with van der Waals surface area (Å²) in [5.74, 6) is 1.29. The molecule has 0 aliphatic carbocycles. The monoisotopic (exact) mass is 400 g/mol. The summed E-state index contributed by atoms with van der Waals surface area (Å²) in [6.45, 7) is 6.28. The van der Waals surface area contributed by atoms with E-state index >= 15 is 0 Å². The molecule has 0 fully saturated rings. The van der Waals surface area contributed by atoms with Gasteiger partial charge in [-0.15, -0.1) is 0 Å². The van der Waals surface area contributed by atoms with Gasteiger partial charge in [0.15, 0.2) is 0 Å². The van der Waals surface area contributed by atoms with Gasteiger partial charge in [0.25, 0.3) is 0 Å². The molecule has 0 spiro atoms. The molecule has 1 aliphatic rings. The number of hydrogen-bond donors (Lipinski definition) is 1. The van der Waals surface area contributed by atoms with Crippen LogP contribution in [-0.2, 0) is 0 Å². The van der Waals surface area contributed by atoms with E-state index in [9.17, 15) is 0 Å². The Bertz CT molecular complexity index is 956. The number of hydrogen-bond acceptors (Lipinski definition) is 3. The van der Waals surface area contributed by atoms with Gasteiger partial charge in [0.05, 0.1) is 6.04 Å². The molecule has 1 heterocycles. The standard InChI is InChI=1S/C27H32N2O/c1-4-29(3)19-20(2)30-27-17-11-9-15-23(27)24-18-26(21-12-6-5-7-13-21)28-25-16-10-8-14-22(24)25/h5-17,20,24,26,28H,4,18-19H2,1-3H3. The fourth-order valence-corrected chi connectivity index (χ4v) is 4.44. The highest BCUT2D eigenvalue weighted by molar-refractivity contribution is 5.60. The summed E-state index contributed by atoms with van der Waals surface area (Å²) in [4.78, 5) is 2.29. The van der Waals surface area contributed by atoms with Crippen molar-refractivity contribution in [3.05, 3.63) is 95.6 Å². The second-order valence-corrected chi connectivity index (χ2v) is 8.30. The van der Waals surface area contributed by atoms with Crippen LogP contribution in [0.25, 0.3) is 0 Å². The molecule has 0 amide bonds. The second kappa shape index (κ2) is 9.36. The van der Waals surface area contributed by atoms with Crippen LogP contribution in [-0.4, -0.2) is 31.1 Å². The summed E-state index contributed by atoms with van der Waals surface area (Å²) >= 11 is 0. The lowest BCUT2D eigenvalue weighted by molar-refractivity contribution is 0.164. The highest BCUT2D eigenvalue weighted by Crippen LogP contribution is 2.45. The predicted molar refractivity (Wildman–Crippen MR) is 125 cm³/mol. The number of para-hydroxylation sites is 2. The number of nitrogens with one attached hydrogen (secondary N) is 1. The van der Waals surface area contributed by atoms with E-state index in [0.717, 1.165) is 25.3 Å². The first-order chi connectivity index (χ1) is 14.7. The number of fused-ring (bicyclic) bond motifs is 1. The smallest absolute Gasteiger partial charge is 0.123 e. The van der Waals surface area contributed by atoms with Crippen molar-refractivity contribution < 1.29 is 4.74 Å². The maximum atomic E-state index is 6.47. The summed E-state index contributed by atoms with van der Waals surface area (Å²) in [5.41, 5.74) is 5.17. The highest BCUT2D eigenvalue weighted by Gasteiger charge is 2.30. The zero-order valence-electron chi connectivity index (χ0n) is 18.2. The molecule has 0 radical (unpaired) electrons. The third-order valence-corrected chi connectivity index (χ3v) is 6.07. The molecule has 3 heteroatoms. The van der Waals surface area contributed by atoms with E-state index in [-0.39, 0.29) is 12.1 Å². The van der Waals surface area contributed by atoms with Gasteiger partial charge in [0.1, 0.15) is 11.9 Å². The molecule has 0 saturated carbocycles. The number of rotatable bonds is 7. The summed E-state index contributed by atoms with van der Waals surface area (Å²) in [5, 5.41) is 3.76. The molecule has 4 rings (SSSR count). The Hall–Kier alpha value is -2.78. The molecule has 0 aromatic heterocycles. The molecule has 3 unspecified atom stereocenters. The topological polar surface area (TPSA) is 24.5 Å². The van der Waals surface area contributed by atoms with Crippen LogP contribution in [0, 0.1) is 0 Å². The van der Waals surface area contributed by atoms with Crippen LogP contribution >= 0.6 is 0 Å².